The van der Waals surface area contributed by atoms with Gasteiger partial charge >= 0.3 is 0 Å². The normalized spacial score (nSPS) is 14.7. The van der Waals surface area contributed by atoms with Crippen molar-refractivity contribution in [2.75, 3.05) is 40.1 Å². The molecule has 0 saturated carbocycles. The smallest absolute Gasteiger partial charge is 0.188 e. The van der Waals surface area contributed by atoms with Crippen molar-refractivity contribution in [3.8, 4) is 11.5 Å². The molecule has 4 rings (SSSR count). The van der Waals surface area contributed by atoms with Crippen molar-refractivity contribution in [2.45, 2.75) is 52.4 Å². The molecule has 6 nitrogen and oxygen atoms in total. The van der Waals surface area contributed by atoms with Crippen LogP contribution in [0.5, 0.6) is 11.5 Å². The number of methoxy groups -OCH3 is 2. The Morgan fingerprint density at radius 1 is 0.500 bits per heavy atom. The van der Waals surface area contributed by atoms with Crippen molar-refractivity contribution in [2.24, 2.45) is 0 Å². The van der Waals surface area contributed by atoms with Gasteiger partial charge in [0.25, 0.3) is 0 Å². The molecule has 4 aromatic carbocycles. The second-order valence-corrected chi connectivity index (χ2v) is 19.4. The topological polar surface area (TPSA) is 71.1 Å². The Balaban J connectivity index is 1.97. The summed E-state index contributed by atoms with van der Waals surface area (Å²) >= 11 is 0. The van der Waals surface area contributed by atoms with Crippen LogP contribution in [0, 0.1) is 0 Å². The Morgan fingerprint density at radius 2 is 0.848 bits per heavy atom. The van der Waals surface area contributed by atoms with Crippen molar-refractivity contribution in [3.63, 3.8) is 0 Å². The van der Waals surface area contributed by atoms with Crippen LogP contribution < -0.4 is 30.7 Å². The second kappa shape index (κ2) is 14.7. The van der Waals surface area contributed by atoms with Gasteiger partial charge in [-0.25, -0.2) is 0 Å². The zero-order chi connectivity index (χ0) is 33.6. The first-order valence-corrected chi connectivity index (χ1v) is 19.4. The van der Waals surface area contributed by atoms with E-state index in [0.717, 1.165) is 11.1 Å². The van der Waals surface area contributed by atoms with Crippen molar-refractivity contribution < 1.29 is 28.1 Å². The summed E-state index contributed by atoms with van der Waals surface area (Å²) in [5.41, 5.74) is 1.28. The molecule has 4 aromatic rings. The first kappa shape index (κ1) is 35.7. The standard InChI is InChI=1S/C38H48O6P2/c1-37(2,3)31-21-15-23-33(35(31)43-27-41-7)45(39,29-17-11-9-12-18-29)25-26-46(40,30-19-13-10-14-20-30)34-24-16-22-32(38(4,5)6)36(34)44-28-42-8/h9-24H,25-28H2,1-8H3. The van der Waals surface area contributed by atoms with Crippen LogP contribution >= 0.6 is 14.3 Å². The van der Waals surface area contributed by atoms with E-state index in [4.69, 9.17) is 18.9 Å². The molecular formula is C38H48O6P2. The highest BCUT2D eigenvalue weighted by atomic mass is 31.2. The highest BCUT2D eigenvalue weighted by Gasteiger charge is 2.39. The van der Waals surface area contributed by atoms with Crippen LogP contribution in [0.15, 0.2) is 97.1 Å². The molecule has 46 heavy (non-hydrogen) atoms. The van der Waals surface area contributed by atoms with Crippen LogP contribution in [0.1, 0.15) is 52.7 Å². The Labute approximate surface area is 275 Å². The number of rotatable bonds is 13. The van der Waals surface area contributed by atoms with Gasteiger partial charge in [-0.1, -0.05) is 126 Å². The van der Waals surface area contributed by atoms with Gasteiger partial charge in [-0.15, -0.1) is 0 Å². The van der Waals surface area contributed by atoms with Gasteiger partial charge < -0.3 is 28.1 Å². The lowest BCUT2D eigenvalue weighted by Gasteiger charge is -2.30. The van der Waals surface area contributed by atoms with Crippen LogP contribution in [0.25, 0.3) is 0 Å². The molecule has 0 radical (unpaired) electrons. The molecule has 0 aliphatic rings. The van der Waals surface area contributed by atoms with E-state index in [0.29, 0.717) is 32.7 Å². The average molecular weight is 663 g/mol. The monoisotopic (exact) mass is 662 g/mol. The first-order valence-electron chi connectivity index (χ1n) is 15.6. The Bertz CT molecular complexity index is 1560. The summed E-state index contributed by atoms with van der Waals surface area (Å²) in [6, 6.07) is 30.6. The molecule has 2 unspecified atom stereocenters. The van der Waals surface area contributed by atoms with E-state index in [9.17, 15) is 0 Å². The van der Waals surface area contributed by atoms with Crippen molar-refractivity contribution in [1.29, 1.82) is 0 Å². The minimum absolute atomic E-state index is 0.0111. The number of hydrogen-bond acceptors (Lipinski definition) is 6. The number of para-hydroxylation sites is 2. The maximum atomic E-state index is 15.8. The van der Waals surface area contributed by atoms with Crippen LogP contribution in [-0.2, 0) is 29.4 Å². The lowest BCUT2D eigenvalue weighted by Crippen LogP contribution is -2.29. The van der Waals surface area contributed by atoms with E-state index >= 15 is 9.13 Å². The summed E-state index contributed by atoms with van der Waals surface area (Å²) in [5, 5.41) is 2.56. The van der Waals surface area contributed by atoms with Crippen molar-refractivity contribution in [1.82, 2.24) is 0 Å². The summed E-state index contributed by atoms with van der Waals surface area (Å²) < 4.78 is 54.7. The predicted molar refractivity (Wildman–Crippen MR) is 192 cm³/mol. The van der Waals surface area contributed by atoms with Gasteiger partial charge in [0.2, 0.25) is 0 Å². The number of hydrogen-bond donors (Lipinski definition) is 0. The zero-order valence-corrected chi connectivity index (χ0v) is 30.2. The van der Waals surface area contributed by atoms with Crippen molar-refractivity contribution >= 4 is 35.5 Å². The Morgan fingerprint density at radius 3 is 1.15 bits per heavy atom. The zero-order valence-electron chi connectivity index (χ0n) is 28.4. The van der Waals surface area contributed by atoms with Crippen LogP contribution in [0.3, 0.4) is 0 Å². The third-order valence-electron chi connectivity index (χ3n) is 8.10. The largest absolute Gasteiger partial charge is 0.466 e. The lowest BCUT2D eigenvalue weighted by molar-refractivity contribution is 0.0504. The van der Waals surface area contributed by atoms with E-state index in [1.165, 1.54) is 0 Å². The Kier molecular flexibility index (Phi) is 11.4. The molecule has 0 fully saturated rings. The summed E-state index contributed by atoms with van der Waals surface area (Å²) in [6.45, 7) is 12.6. The fourth-order valence-electron chi connectivity index (χ4n) is 5.74. The van der Waals surface area contributed by atoms with E-state index < -0.39 is 14.3 Å². The summed E-state index contributed by atoms with van der Waals surface area (Å²) in [5.74, 6) is 1.11. The molecule has 0 heterocycles. The van der Waals surface area contributed by atoms with E-state index in [-0.39, 0.29) is 36.7 Å². The predicted octanol–water partition coefficient (Wildman–Crippen LogP) is 7.58. The van der Waals surface area contributed by atoms with Gasteiger partial charge in [-0.05, 0) is 23.0 Å². The molecule has 0 aliphatic carbocycles. The first-order chi connectivity index (χ1) is 21.8. The molecule has 0 amide bonds. The second-order valence-electron chi connectivity index (χ2n) is 13.5. The SMILES string of the molecule is COCOc1c(C(C)(C)C)cccc1P(=O)(CCP(=O)(c1ccccc1)c1cccc(C(C)(C)C)c1OCOC)c1ccccc1. The molecule has 8 heteroatoms. The third kappa shape index (κ3) is 7.69. The maximum Gasteiger partial charge on any atom is 0.188 e. The Hall–Kier alpha value is -3.14. The molecule has 0 aliphatic heterocycles. The van der Waals surface area contributed by atoms with Crippen LogP contribution in [0.2, 0.25) is 0 Å². The van der Waals surface area contributed by atoms with Gasteiger partial charge in [-0.2, -0.15) is 0 Å². The van der Waals surface area contributed by atoms with Crippen molar-refractivity contribution in [3.05, 3.63) is 108 Å². The highest BCUT2D eigenvalue weighted by Crippen LogP contribution is 2.55. The van der Waals surface area contributed by atoms with Crippen LogP contribution in [0.4, 0.5) is 0 Å². The van der Waals surface area contributed by atoms with E-state index in [2.05, 4.69) is 41.5 Å². The molecule has 246 valence electrons. The molecule has 2 atom stereocenters. The number of ether oxygens (including phenoxy) is 4. The summed E-state index contributed by atoms with van der Waals surface area (Å²) in [6.07, 6.45) is 0.285. The van der Waals surface area contributed by atoms with E-state index in [1.54, 1.807) is 14.2 Å². The maximum absolute atomic E-state index is 15.8. The fourth-order valence-corrected chi connectivity index (χ4v) is 12.5. The van der Waals surface area contributed by atoms with Crippen LogP contribution in [-0.4, -0.2) is 40.1 Å². The summed E-state index contributed by atoms with van der Waals surface area (Å²) in [4.78, 5) is 0. The molecule has 0 saturated heterocycles. The molecule has 0 bridgehead atoms. The molecular weight excluding hydrogens is 614 g/mol. The molecule has 0 spiro atoms. The minimum Gasteiger partial charge on any atom is -0.466 e. The van der Waals surface area contributed by atoms with Gasteiger partial charge in [0.1, 0.15) is 25.8 Å². The average Bonchev–Trinajstić information content (AvgIpc) is 3.04. The van der Waals surface area contributed by atoms with Gasteiger partial charge in [0.15, 0.2) is 13.6 Å². The van der Waals surface area contributed by atoms with Gasteiger partial charge in [0.05, 0.1) is 10.6 Å². The summed E-state index contributed by atoms with van der Waals surface area (Å²) in [7, 11) is -3.73. The molecule has 0 N–H and O–H groups in total. The highest BCUT2D eigenvalue weighted by molar-refractivity contribution is 7.82. The lowest BCUT2D eigenvalue weighted by atomic mass is 9.86. The van der Waals surface area contributed by atoms with E-state index in [1.807, 2.05) is 97.1 Å². The van der Waals surface area contributed by atoms with Gasteiger partial charge in [0, 0.05) is 48.3 Å². The quantitative estimate of drug-likeness (QED) is 0.109. The third-order valence-corrected chi connectivity index (χ3v) is 14.7. The van der Waals surface area contributed by atoms with Gasteiger partial charge in [-0.3, -0.25) is 0 Å². The fraction of sp³-hybridized carbons (Fsp3) is 0.368. The number of benzene rings is 4. The molecule has 0 aromatic heterocycles. The minimum atomic E-state index is -3.43.